The minimum atomic E-state index is -0.241. The van der Waals surface area contributed by atoms with Gasteiger partial charge in [-0.25, -0.2) is 4.99 Å². The van der Waals surface area contributed by atoms with Crippen LogP contribution in [0.3, 0.4) is 0 Å². The average Bonchev–Trinajstić information content (AvgIpc) is 3.01. The van der Waals surface area contributed by atoms with Crippen molar-refractivity contribution in [3.05, 3.63) is 55.3 Å². The summed E-state index contributed by atoms with van der Waals surface area (Å²) in [7, 11) is 0. The highest BCUT2D eigenvalue weighted by Crippen LogP contribution is 2.39. The number of aliphatic imine (C=N–C) groups is 1. The molecule has 0 atom stereocenters. The Morgan fingerprint density at radius 2 is 1.97 bits per heavy atom. The highest BCUT2D eigenvalue weighted by atomic mass is 79.9. The number of carbonyl (C=O) groups is 1. The number of nitrogens with zero attached hydrogens (tertiary/aromatic N) is 1. The molecule has 1 heterocycles. The van der Waals surface area contributed by atoms with Crippen LogP contribution in [-0.2, 0) is 4.79 Å². The molecule has 1 aliphatic heterocycles. The summed E-state index contributed by atoms with van der Waals surface area (Å²) in [5.41, 5.74) is 1.29. The molecule has 2 aromatic rings. The van der Waals surface area contributed by atoms with E-state index in [0.717, 1.165) is 10.0 Å². The molecule has 9 heteroatoms. The van der Waals surface area contributed by atoms with Gasteiger partial charge in [0.25, 0.3) is 5.91 Å². The molecule has 0 saturated carbocycles. The standard InChI is InChI=1S/C20H17BrCl2N2O3S/c1-3-27-15-9-11(8-12(21)18(15)28-4-2)10-16-19(26)25-20(29-16)24-14-7-5-6-13(22)17(14)23/h5-10H,3-4H2,1-2H3,(H,24,25,26)/b16-10+. The molecule has 1 saturated heterocycles. The molecule has 1 aliphatic rings. The predicted molar refractivity (Wildman–Crippen MR) is 124 cm³/mol. The van der Waals surface area contributed by atoms with Crippen molar-refractivity contribution >= 4 is 73.7 Å². The van der Waals surface area contributed by atoms with Crippen LogP contribution in [0.4, 0.5) is 5.69 Å². The van der Waals surface area contributed by atoms with Gasteiger partial charge in [0.2, 0.25) is 0 Å². The van der Waals surface area contributed by atoms with E-state index in [1.165, 1.54) is 11.8 Å². The van der Waals surface area contributed by atoms with Crippen molar-refractivity contribution in [2.45, 2.75) is 13.8 Å². The fourth-order valence-electron chi connectivity index (χ4n) is 2.54. The molecule has 0 bridgehead atoms. The number of amidine groups is 1. The van der Waals surface area contributed by atoms with E-state index in [2.05, 4.69) is 26.2 Å². The van der Waals surface area contributed by atoms with E-state index >= 15 is 0 Å². The van der Waals surface area contributed by atoms with E-state index in [1.54, 1.807) is 24.3 Å². The number of rotatable bonds is 6. The summed E-state index contributed by atoms with van der Waals surface area (Å²) in [6, 6.07) is 8.87. The van der Waals surface area contributed by atoms with Gasteiger partial charge in [0.15, 0.2) is 16.7 Å². The Hall–Kier alpha value is -1.67. The first-order valence-corrected chi connectivity index (χ1v) is 11.1. The molecular formula is C20H17BrCl2N2O3S. The number of hydrogen-bond donors (Lipinski definition) is 1. The molecule has 0 spiro atoms. The Kier molecular flexibility index (Phi) is 7.51. The Balaban J connectivity index is 1.90. The highest BCUT2D eigenvalue weighted by molar-refractivity contribution is 9.10. The third-order valence-electron chi connectivity index (χ3n) is 3.72. The predicted octanol–water partition coefficient (Wildman–Crippen LogP) is 6.44. The second-order valence-electron chi connectivity index (χ2n) is 5.75. The number of benzene rings is 2. The van der Waals surface area contributed by atoms with E-state index in [-0.39, 0.29) is 5.91 Å². The normalized spacial score (nSPS) is 16.4. The third-order valence-corrected chi connectivity index (χ3v) is 6.03. The lowest BCUT2D eigenvalue weighted by atomic mass is 10.2. The van der Waals surface area contributed by atoms with Gasteiger partial charge >= 0.3 is 0 Å². The molecule has 1 amide bonds. The smallest absolute Gasteiger partial charge is 0.264 e. The molecule has 1 N–H and O–H groups in total. The Labute approximate surface area is 191 Å². The quantitative estimate of drug-likeness (QED) is 0.449. The molecule has 3 rings (SSSR count). The van der Waals surface area contributed by atoms with Crippen LogP contribution in [0.2, 0.25) is 10.0 Å². The lowest BCUT2D eigenvalue weighted by molar-refractivity contribution is -0.115. The maximum Gasteiger partial charge on any atom is 0.264 e. The van der Waals surface area contributed by atoms with Gasteiger partial charge in [0, 0.05) is 0 Å². The van der Waals surface area contributed by atoms with E-state index in [4.69, 9.17) is 32.7 Å². The van der Waals surface area contributed by atoms with Crippen LogP contribution in [0.15, 0.2) is 44.7 Å². The molecule has 0 aliphatic carbocycles. The molecule has 1 fully saturated rings. The van der Waals surface area contributed by atoms with Crippen LogP contribution in [-0.4, -0.2) is 24.3 Å². The lowest BCUT2D eigenvalue weighted by Crippen LogP contribution is -2.19. The van der Waals surface area contributed by atoms with Crippen molar-refractivity contribution in [1.29, 1.82) is 0 Å². The van der Waals surface area contributed by atoms with Gasteiger partial charge in [-0.3, -0.25) is 4.79 Å². The highest BCUT2D eigenvalue weighted by Gasteiger charge is 2.24. The summed E-state index contributed by atoms with van der Waals surface area (Å²) in [5.74, 6) is 1.01. The summed E-state index contributed by atoms with van der Waals surface area (Å²) >= 11 is 16.9. The fraction of sp³-hybridized carbons (Fsp3) is 0.200. The number of ether oxygens (including phenoxy) is 2. The van der Waals surface area contributed by atoms with Crippen LogP contribution in [0, 0.1) is 0 Å². The van der Waals surface area contributed by atoms with Crippen LogP contribution in [0.1, 0.15) is 19.4 Å². The monoisotopic (exact) mass is 514 g/mol. The van der Waals surface area contributed by atoms with Crippen LogP contribution >= 0.6 is 50.9 Å². The number of thioether (sulfide) groups is 1. The maximum atomic E-state index is 12.4. The van der Waals surface area contributed by atoms with Gasteiger partial charge in [-0.2, -0.15) is 0 Å². The number of hydrogen-bond acceptors (Lipinski definition) is 5. The third kappa shape index (κ3) is 5.28. The molecule has 152 valence electrons. The summed E-state index contributed by atoms with van der Waals surface area (Å²) in [4.78, 5) is 17.3. The first kappa shape index (κ1) is 22.0. The number of amides is 1. The van der Waals surface area contributed by atoms with Crippen LogP contribution < -0.4 is 14.8 Å². The number of halogens is 3. The van der Waals surface area contributed by atoms with Crippen LogP contribution in [0.25, 0.3) is 6.08 Å². The molecular weight excluding hydrogens is 499 g/mol. The van der Waals surface area contributed by atoms with Crippen molar-refractivity contribution in [2.24, 2.45) is 4.99 Å². The van der Waals surface area contributed by atoms with Gasteiger partial charge in [-0.1, -0.05) is 29.3 Å². The first-order chi connectivity index (χ1) is 13.9. The number of carbonyl (C=O) groups excluding carboxylic acids is 1. The Morgan fingerprint density at radius 3 is 2.69 bits per heavy atom. The van der Waals surface area contributed by atoms with Gasteiger partial charge in [0.05, 0.1) is 38.3 Å². The minimum Gasteiger partial charge on any atom is -0.490 e. The maximum absolute atomic E-state index is 12.4. The van der Waals surface area contributed by atoms with Crippen molar-refractivity contribution in [2.75, 3.05) is 13.2 Å². The zero-order chi connectivity index (χ0) is 21.0. The van der Waals surface area contributed by atoms with E-state index in [0.29, 0.717) is 50.5 Å². The average molecular weight is 516 g/mol. The molecule has 29 heavy (non-hydrogen) atoms. The summed E-state index contributed by atoms with van der Waals surface area (Å²) in [6.07, 6.45) is 1.77. The molecule has 0 aromatic heterocycles. The van der Waals surface area contributed by atoms with E-state index in [1.807, 2.05) is 26.0 Å². The molecule has 5 nitrogen and oxygen atoms in total. The fourth-order valence-corrected chi connectivity index (χ4v) is 4.29. The second kappa shape index (κ2) is 9.89. The van der Waals surface area contributed by atoms with E-state index in [9.17, 15) is 4.79 Å². The summed E-state index contributed by atoms with van der Waals surface area (Å²) < 4.78 is 12.1. The van der Waals surface area contributed by atoms with Crippen molar-refractivity contribution < 1.29 is 14.3 Å². The summed E-state index contributed by atoms with van der Waals surface area (Å²) in [5, 5.41) is 3.92. The van der Waals surface area contributed by atoms with Gasteiger partial charge < -0.3 is 14.8 Å². The van der Waals surface area contributed by atoms with Crippen molar-refractivity contribution in [3.63, 3.8) is 0 Å². The molecule has 2 aromatic carbocycles. The minimum absolute atomic E-state index is 0.241. The van der Waals surface area contributed by atoms with Gasteiger partial charge in [-0.05, 0) is 77.4 Å². The van der Waals surface area contributed by atoms with Gasteiger partial charge in [-0.15, -0.1) is 0 Å². The first-order valence-electron chi connectivity index (χ1n) is 8.75. The number of nitrogens with one attached hydrogen (secondary N) is 1. The Morgan fingerprint density at radius 1 is 1.21 bits per heavy atom. The second-order valence-corrected chi connectivity index (χ2v) is 8.42. The molecule has 0 unspecified atom stereocenters. The lowest BCUT2D eigenvalue weighted by Gasteiger charge is -2.13. The van der Waals surface area contributed by atoms with Crippen molar-refractivity contribution in [1.82, 2.24) is 5.32 Å². The SMILES string of the molecule is CCOc1cc(/C=C2/SC(=Nc3cccc(Cl)c3Cl)NC2=O)cc(Br)c1OCC. The summed E-state index contributed by atoms with van der Waals surface area (Å²) in [6.45, 7) is 4.82. The van der Waals surface area contributed by atoms with Gasteiger partial charge in [0.1, 0.15) is 0 Å². The Bertz CT molecular complexity index is 1010. The zero-order valence-corrected chi connectivity index (χ0v) is 19.5. The van der Waals surface area contributed by atoms with E-state index < -0.39 is 0 Å². The van der Waals surface area contributed by atoms with Crippen LogP contribution in [0.5, 0.6) is 11.5 Å². The largest absolute Gasteiger partial charge is 0.490 e. The molecule has 0 radical (unpaired) electrons. The zero-order valence-electron chi connectivity index (χ0n) is 15.6. The van der Waals surface area contributed by atoms with Crippen molar-refractivity contribution in [3.8, 4) is 11.5 Å². The topological polar surface area (TPSA) is 59.9 Å².